The van der Waals surface area contributed by atoms with Gasteiger partial charge in [-0.15, -0.1) is 10.2 Å². The maximum Gasteiger partial charge on any atom is 0.296 e. The van der Waals surface area contributed by atoms with E-state index >= 15 is 0 Å². The second kappa shape index (κ2) is 6.46. The molecule has 0 bridgehead atoms. The van der Waals surface area contributed by atoms with Gasteiger partial charge in [0.15, 0.2) is 0 Å². The number of benzene rings is 2. The number of aldehydes is 2. The lowest BCUT2D eigenvalue weighted by Crippen LogP contribution is -1.99. The van der Waals surface area contributed by atoms with Crippen molar-refractivity contribution in [2.24, 2.45) is 10.2 Å². The fourth-order valence-electron chi connectivity index (χ4n) is 1.70. The molecule has 0 fully saturated rings. The van der Waals surface area contributed by atoms with Gasteiger partial charge in [-0.05, 0) is 36.4 Å². The highest BCUT2D eigenvalue weighted by molar-refractivity contribution is 7.86. The largest absolute Gasteiger partial charge is 0.506 e. The lowest BCUT2D eigenvalue weighted by Gasteiger charge is -2.03. The van der Waals surface area contributed by atoms with Gasteiger partial charge in [-0.2, -0.15) is 8.42 Å². The second-order valence-electron chi connectivity index (χ2n) is 4.39. The predicted octanol–water partition coefficient (Wildman–Crippen LogP) is 2.68. The fraction of sp³-hybridized carbons (Fsp3) is 0. The molecule has 0 aliphatic rings. The number of aromatic hydroxyl groups is 1. The Balaban J connectivity index is 2.47. The molecule has 118 valence electrons. The molecule has 8 nitrogen and oxygen atoms in total. The first-order chi connectivity index (χ1) is 10.8. The number of carbonyl (C=O) groups is 2. The van der Waals surface area contributed by atoms with Gasteiger partial charge in [0.25, 0.3) is 10.1 Å². The van der Waals surface area contributed by atoms with Crippen LogP contribution in [-0.2, 0) is 10.1 Å². The molecule has 2 N–H and O–H groups in total. The Morgan fingerprint density at radius 3 is 1.91 bits per heavy atom. The van der Waals surface area contributed by atoms with E-state index in [4.69, 9.17) is 0 Å². The van der Waals surface area contributed by atoms with Crippen molar-refractivity contribution >= 4 is 34.1 Å². The van der Waals surface area contributed by atoms with Crippen molar-refractivity contribution in [3.05, 3.63) is 47.5 Å². The summed E-state index contributed by atoms with van der Waals surface area (Å²) >= 11 is 0. The van der Waals surface area contributed by atoms with E-state index in [2.05, 4.69) is 10.2 Å². The highest BCUT2D eigenvalue weighted by Crippen LogP contribution is 2.31. The summed E-state index contributed by atoms with van der Waals surface area (Å²) in [6.07, 6.45) is 0.953. The number of carbonyl (C=O) groups excluding carboxylic acids is 2. The molecule has 0 unspecified atom stereocenters. The maximum absolute atomic E-state index is 11.3. The molecule has 2 aromatic rings. The molecule has 23 heavy (non-hydrogen) atoms. The highest BCUT2D eigenvalue weighted by atomic mass is 32.2. The molecule has 0 atom stereocenters. The number of azo groups is 1. The van der Waals surface area contributed by atoms with Crippen LogP contribution in [0.4, 0.5) is 11.4 Å². The number of rotatable bonds is 5. The van der Waals surface area contributed by atoms with E-state index in [9.17, 15) is 27.7 Å². The van der Waals surface area contributed by atoms with Crippen LogP contribution in [0.15, 0.2) is 51.5 Å². The lowest BCUT2D eigenvalue weighted by molar-refractivity contribution is 0.111. The van der Waals surface area contributed by atoms with Crippen LogP contribution in [-0.4, -0.2) is 30.6 Å². The van der Waals surface area contributed by atoms with Gasteiger partial charge in [0.1, 0.15) is 34.6 Å². The topological polar surface area (TPSA) is 133 Å². The van der Waals surface area contributed by atoms with E-state index in [1.54, 1.807) is 0 Å². The molecule has 9 heteroatoms. The third-order valence-electron chi connectivity index (χ3n) is 2.80. The van der Waals surface area contributed by atoms with Crippen LogP contribution in [0.2, 0.25) is 0 Å². The summed E-state index contributed by atoms with van der Waals surface area (Å²) in [7, 11) is -4.61. The Labute approximate surface area is 130 Å². The molecule has 0 heterocycles. The SMILES string of the molecule is O=Cc1ccc(N=Nc2ccc(C=O)cc2S(=O)(=O)O)c(O)c1. The van der Waals surface area contributed by atoms with Crippen LogP contribution < -0.4 is 0 Å². The Hall–Kier alpha value is -2.91. The average Bonchev–Trinajstić information content (AvgIpc) is 2.52. The van der Waals surface area contributed by atoms with Crippen molar-refractivity contribution in [1.82, 2.24) is 0 Å². The average molecular weight is 334 g/mol. The summed E-state index contributed by atoms with van der Waals surface area (Å²) in [5, 5.41) is 17.0. The van der Waals surface area contributed by atoms with Crippen molar-refractivity contribution in [2.75, 3.05) is 0 Å². The molecular formula is C14H10N2O6S. The van der Waals surface area contributed by atoms with E-state index in [1.165, 1.54) is 30.3 Å². The zero-order valence-electron chi connectivity index (χ0n) is 11.4. The zero-order chi connectivity index (χ0) is 17.0. The molecule has 2 aromatic carbocycles. The van der Waals surface area contributed by atoms with E-state index in [1.807, 2.05) is 0 Å². The molecule has 2 rings (SSSR count). The highest BCUT2D eigenvalue weighted by Gasteiger charge is 2.16. The standard InChI is InChI=1S/C14H10N2O6S/c17-7-9-1-3-11(13(19)5-9)15-16-12-4-2-10(8-18)6-14(12)23(20,21)22/h1-8,19H,(H,20,21,22). The monoisotopic (exact) mass is 334 g/mol. The molecule has 0 amide bonds. The van der Waals surface area contributed by atoms with E-state index in [-0.39, 0.29) is 28.3 Å². The van der Waals surface area contributed by atoms with Crippen molar-refractivity contribution < 1.29 is 27.7 Å². The van der Waals surface area contributed by atoms with Crippen LogP contribution in [0, 0.1) is 0 Å². The summed E-state index contributed by atoms with van der Waals surface area (Å²) in [6, 6.07) is 7.31. The van der Waals surface area contributed by atoms with Crippen LogP contribution in [0.1, 0.15) is 20.7 Å². The smallest absolute Gasteiger partial charge is 0.296 e. The van der Waals surface area contributed by atoms with Crippen LogP contribution in [0.25, 0.3) is 0 Å². The second-order valence-corrected chi connectivity index (χ2v) is 5.78. The van der Waals surface area contributed by atoms with E-state index < -0.39 is 15.0 Å². The van der Waals surface area contributed by atoms with E-state index in [0.717, 1.165) is 6.07 Å². The van der Waals surface area contributed by atoms with Crippen molar-refractivity contribution in [3.63, 3.8) is 0 Å². The number of phenolic OH excluding ortho intramolecular Hbond substituents is 1. The Kier molecular flexibility index (Phi) is 4.63. The summed E-state index contributed by atoms with van der Waals surface area (Å²) in [4.78, 5) is 20.7. The third kappa shape index (κ3) is 3.84. The minimum absolute atomic E-state index is 0.00338. The normalized spacial score (nSPS) is 11.5. The van der Waals surface area contributed by atoms with E-state index in [0.29, 0.717) is 12.6 Å². The fourth-order valence-corrected chi connectivity index (χ4v) is 2.36. The van der Waals surface area contributed by atoms with Crippen LogP contribution in [0.5, 0.6) is 5.75 Å². The van der Waals surface area contributed by atoms with Gasteiger partial charge in [0, 0.05) is 11.1 Å². The van der Waals surface area contributed by atoms with Crippen LogP contribution >= 0.6 is 0 Å². The van der Waals surface area contributed by atoms with Crippen molar-refractivity contribution in [2.45, 2.75) is 4.90 Å². The quantitative estimate of drug-likeness (QED) is 0.490. The number of phenols is 1. The van der Waals surface area contributed by atoms with Gasteiger partial charge >= 0.3 is 0 Å². The first-order valence-electron chi connectivity index (χ1n) is 6.12. The lowest BCUT2D eigenvalue weighted by atomic mass is 10.2. The summed E-state index contributed by atoms with van der Waals surface area (Å²) < 4.78 is 31.8. The summed E-state index contributed by atoms with van der Waals surface area (Å²) in [6.45, 7) is 0. The molecule has 0 aliphatic heterocycles. The Morgan fingerprint density at radius 2 is 1.39 bits per heavy atom. The molecular weight excluding hydrogens is 324 g/mol. The van der Waals surface area contributed by atoms with Gasteiger partial charge in [0.05, 0.1) is 0 Å². The van der Waals surface area contributed by atoms with Crippen molar-refractivity contribution in [3.8, 4) is 5.75 Å². The molecule has 0 aromatic heterocycles. The summed E-state index contributed by atoms with van der Waals surface area (Å²) in [5.41, 5.74) is 0.0542. The minimum Gasteiger partial charge on any atom is -0.506 e. The molecule has 0 radical (unpaired) electrons. The number of nitrogens with zero attached hydrogens (tertiary/aromatic N) is 2. The van der Waals surface area contributed by atoms with Gasteiger partial charge in [-0.3, -0.25) is 14.1 Å². The summed E-state index contributed by atoms with van der Waals surface area (Å²) in [5.74, 6) is -0.323. The molecule has 0 spiro atoms. The number of hydrogen-bond acceptors (Lipinski definition) is 7. The van der Waals surface area contributed by atoms with Gasteiger partial charge in [0.2, 0.25) is 0 Å². The Bertz CT molecular complexity index is 905. The first kappa shape index (κ1) is 16.5. The number of hydrogen-bond donors (Lipinski definition) is 2. The minimum atomic E-state index is -4.61. The third-order valence-corrected chi connectivity index (χ3v) is 3.68. The molecule has 0 aliphatic carbocycles. The van der Waals surface area contributed by atoms with Gasteiger partial charge in [-0.1, -0.05) is 0 Å². The molecule has 0 saturated heterocycles. The Morgan fingerprint density at radius 1 is 0.870 bits per heavy atom. The molecule has 0 saturated carbocycles. The van der Waals surface area contributed by atoms with Crippen molar-refractivity contribution in [1.29, 1.82) is 0 Å². The first-order valence-corrected chi connectivity index (χ1v) is 7.56. The predicted molar refractivity (Wildman–Crippen MR) is 79.3 cm³/mol. The van der Waals surface area contributed by atoms with Gasteiger partial charge in [-0.25, -0.2) is 0 Å². The maximum atomic E-state index is 11.3. The van der Waals surface area contributed by atoms with Gasteiger partial charge < -0.3 is 5.11 Å². The zero-order valence-corrected chi connectivity index (χ0v) is 12.3. The van der Waals surface area contributed by atoms with Crippen LogP contribution in [0.3, 0.4) is 0 Å².